The first-order valence-electron chi connectivity index (χ1n) is 5.69. The third kappa shape index (κ3) is 3.69. The number of halogens is 3. The van der Waals surface area contributed by atoms with Gasteiger partial charge in [-0.3, -0.25) is 0 Å². The molecule has 0 unspecified atom stereocenters. The number of rotatable bonds is 4. The predicted molar refractivity (Wildman–Crippen MR) is 72.0 cm³/mol. The molecule has 0 spiro atoms. The molecular weight excluding hydrogens is 288 g/mol. The Balaban J connectivity index is 2.16. The van der Waals surface area contributed by atoms with Crippen LogP contribution in [-0.4, -0.2) is 17.2 Å². The van der Waals surface area contributed by atoms with Crippen molar-refractivity contribution in [1.29, 1.82) is 0 Å². The van der Waals surface area contributed by atoms with E-state index < -0.39 is 18.8 Å². The minimum Gasteiger partial charge on any atom is -0.489 e. The van der Waals surface area contributed by atoms with Crippen molar-refractivity contribution in [1.82, 2.24) is 0 Å². The number of hydrogen-bond donors (Lipinski definition) is 2. The summed E-state index contributed by atoms with van der Waals surface area (Å²) in [6.07, 6.45) is 0. The Morgan fingerprint density at radius 3 is 2.55 bits per heavy atom. The van der Waals surface area contributed by atoms with Gasteiger partial charge in [0.15, 0.2) is 0 Å². The standard InChI is InChI=1S/C13H10BClF2O3/c15-10-1-2-13(17)8(3-10)7-20-12-5-9(14(18)19)4-11(16)6-12/h1-6,18-19H,7H2. The molecule has 3 nitrogen and oxygen atoms in total. The van der Waals surface area contributed by atoms with E-state index in [9.17, 15) is 8.78 Å². The van der Waals surface area contributed by atoms with Gasteiger partial charge < -0.3 is 14.8 Å². The van der Waals surface area contributed by atoms with Crippen LogP contribution in [0.3, 0.4) is 0 Å². The van der Waals surface area contributed by atoms with Crippen molar-refractivity contribution in [3.63, 3.8) is 0 Å². The molecule has 2 rings (SSSR count). The molecular formula is C13H10BClF2O3. The van der Waals surface area contributed by atoms with Crippen molar-refractivity contribution in [3.8, 4) is 5.75 Å². The molecule has 20 heavy (non-hydrogen) atoms. The molecule has 0 aliphatic carbocycles. The monoisotopic (exact) mass is 298 g/mol. The van der Waals surface area contributed by atoms with Gasteiger partial charge in [-0.2, -0.15) is 0 Å². The van der Waals surface area contributed by atoms with Gasteiger partial charge in [0.2, 0.25) is 0 Å². The summed E-state index contributed by atoms with van der Waals surface area (Å²) in [5.41, 5.74) is 0.166. The third-order valence-corrected chi connectivity index (χ3v) is 2.83. The third-order valence-electron chi connectivity index (χ3n) is 2.59. The first-order chi connectivity index (χ1) is 9.45. The summed E-state index contributed by atoms with van der Waals surface area (Å²) >= 11 is 5.74. The highest BCUT2D eigenvalue weighted by atomic mass is 35.5. The average molecular weight is 298 g/mol. The summed E-state index contributed by atoms with van der Waals surface area (Å²) in [7, 11) is -1.81. The first kappa shape index (κ1) is 14.8. The lowest BCUT2D eigenvalue weighted by Crippen LogP contribution is -2.30. The lowest BCUT2D eigenvalue weighted by Gasteiger charge is -2.09. The zero-order chi connectivity index (χ0) is 14.7. The number of benzene rings is 2. The van der Waals surface area contributed by atoms with Gasteiger partial charge in [0.1, 0.15) is 24.0 Å². The minimum absolute atomic E-state index is 0.0495. The van der Waals surface area contributed by atoms with E-state index in [4.69, 9.17) is 26.4 Å². The maximum absolute atomic E-state index is 13.5. The van der Waals surface area contributed by atoms with Crippen molar-refractivity contribution in [2.75, 3.05) is 0 Å². The van der Waals surface area contributed by atoms with E-state index in [1.807, 2.05) is 0 Å². The lowest BCUT2D eigenvalue weighted by atomic mass is 9.80. The van der Waals surface area contributed by atoms with Crippen molar-refractivity contribution in [2.24, 2.45) is 0 Å². The van der Waals surface area contributed by atoms with Gasteiger partial charge in [0, 0.05) is 16.7 Å². The molecule has 2 aromatic carbocycles. The summed E-state index contributed by atoms with van der Waals surface area (Å²) in [6, 6.07) is 7.30. The largest absolute Gasteiger partial charge is 0.489 e. The first-order valence-corrected chi connectivity index (χ1v) is 6.07. The smallest absolute Gasteiger partial charge is 0.488 e. The van der Waals surface area contributed by atoms with Gasteiger partial charge >= 0.3 is 7.12 Å². The molecule has 0 amide bonds. The second-order valence-corrected chi connectivity index (χ2v) is 4.55. The lowest BCUT2D eigenvalue weighted by molar-refractivity contribution is 0.298. The normalized spacial score (nSPS) is 10.4. The molecule has 0 saturated heterocycles. The quantitative estimate of drug-likeness (QED) is 0.847. The summed E-state index contributed by atoms with van der Waals surface area (Å²) in [5, 5.41) is 18.3. The molecule has 0 fully saturated rings. The molecule has 2 N–H and O–H groups in total. The maximum atomic E-state index is 13.5. The summed E-state index contributed by atoms with van der Waals surface area (Å²) in [5.74, 6) is -1.11. The molecule has 0 aliphatic heterocycles. The van der Waals surface area contributed by atoms with Gasteiger partial charge in [-0.25, -0.2) is 8.78 Å². The van der Waals surface area contributed by atoms with Crippen LogP contribution in [0.25, 0.3) is 0 Å². The zero-order valence-corrected chi connectivity index (χ0v) is 10.9. The second kappa shape index (κ2) is 6.22. The van der Waals surface area contributed by atoms with Gasteiger partial charge in [-0.15, -0.1) is 0 Å². The Morgan fingerprint density at radius 1 is 1.10 bits per heavy atom. The average Bonchev–Trinajstić information content (AvgIpc) is 2.39. The second-order valence-electron chi connectivity index (χ2n) is 4.12. The van der Waals surface area contributed by atoms with E-state index in [-0.39, 0.29) is 23.4 Å². The Kier molecular flexibility index (Phi) is 4.59. The van der Waals surface area contributed by atoms with Gasteiger partial charge in [0.25, 0.3) is 0 Å². The zero-order valence-electron chi connectivity index (χ0n) is 10.2. The van der Waals surface area contributed by atoms with Crippen molar-refractivity contribution in [2.45, 2.75) is 6.61 Å². The fourth-order valence-electron chi connectivity index (χ4n) is 1.63. The molecule has 2 aromatic rings. The van der Waals surface area contributed by atoms with Crippen LogP contribution < -0.4 is 10.2 Å². The highest BCUT2D eigenvalue weighted by Crippen LogP contribution is 2.18. The van der Waals surface area contributed by atoms with Crippen LogP contribution in [0.5, 0.6) is 5.75 Å². The molecule has 0 bridgehead atoms. The van der Waals surface area contributed by atoms with Crippen LogP contribution in [0.2, 0.25) is 5.02 Å². The van der Waals surface area contributed by atoms with E-state index in [1.165, 1.54) is 24.3 Å². The molecule has 104 valence electrons. The highest BCUT2D eigenvalue weighted by molar-refractivity contribution is 6.58. The molecule has 0 aliphatic rings. The van der Waals surface area contributed by atoms with Crippen molar-refractivity contribution >= 4 is 24.2 Å². The molecule has 0 saturated carbocycles. The fraction of sp³-hybridized carbons (Fsp3) is 0.0769. The SMILES string of the molecule is OB(O)c1cc(F)cc(OCc2cc(Cl)ccc2F)c1. The summed E-state index contributed by atoms with van der Waals surface area (Å²) in [4.78, 5) is 0. The van der Waals surface area contributed by atoms with Crippen molar-refractivity contribution in [3.05, 3.63) is 58.6 Å². The van der Waals surface area contributed by atoms with E-state index >= 15 is 0 Å². The number of ether oxygens (including phenoxy) is 1. The molecule has 0 atom stereocenters. The predicted octanol–water partition coefficient (Wildman–Crippen LogP) is 1.88. The van der Waals surface area contributed by atoms with Crippen molar-refractivity contribution < 1.29 is 23.6 Å². The maximum Gasteiger partial charge on any atom is 0.488 e. The van der Waals surface area contributed by atoms with Gasteiger partial charge in [-0.1, -0.05) is 11.6 Å². The molecule has 0 radical (unpaired) electrons. The Bertz CT molecular complexity index is 623. The van der Waals surface area contributed by atoms with Crippen LogP contribution in [0.1, 0.15) is 5.56 Å². The van der Waals surface area contributed by atoms with Crippen LogP contribution in [-0.2, 0) is 6.61 Å². The molecule has 7 heteroatoms. The molecule has 0 aromatic heterocycles. The van der Waals surface area contributed by atoms with Gasteiger partial charge in [-0.05, 0) is 35.8 Å². The Morgan fingerprint density at radius 2 is 1.85 bits per heavy atom. The van der Waals surface area contributed by atoms with Crippen LogP contribution >= 0.6 is 11.6 Å². The van der Waals surface area contributed by atoms with E-state index in [0.29, 0.717) is 5.02 Å². The fourth-order valence-corrected chi connectivity index (χ4v) is 1.83. The van der Waals surface area contributed by atoms with E-state index in [1.54, 1.807) is 0 Å². The molecule has 0 heterocycles. The van der Waals surface area contributed by atoms with E-state index in [2.05, 4.69) is 0 Å². The number of hydrogen-bond acceptors (Lipinski definition) is 3. The minimum atomic E-state index is -1.81. The van der Waals surface area contributed by atoms with E-state index in [0.717, 1.165) is 12.1 Å². The Labute approximate surface area is 119 Å². The van der Waals surface area contributed by atoms with Gasteiger partial charge in [0.05, 0.1) is 0 Å². The Hall–Kier alpha value is -1.63. The summed E-state index contributed by atoms with van der Waals surface area (Å²) < 4.78 is 32.0. The van der Waals surface area contributed by atoms with Crippen LogP contribution in [0.4, 0.5) is 8.78 Å². The summed E-state index contributed by atoms with van der Waals surface area (Å²) in [6.45, 7) is -0.156. The topological polar surface area (TPSA) is 49.7 Å². The highest BCUT2D eigenvalue weighted by Gasteiger charge is 2.14. The van der Waals surface area contributed by atoms with Crippen LogP contribution in [0.15, 0.2) is 36.4 Å². The van der Waals surface area contributed by atoms with Crippen LogP contribution in [0, 0.1) is 11.6 Å².